The number of carbonyl (C=O) groups excluding carboxylic acids is 1. The summed E-state index contributed by atoms with van der Waals surface area (Å²) >= 11 is 0. The lowest BCUT2D eigenvalue weighted by molar-refractivity contribution is 0.102. The van der Waals surface area contributed by atoms with Gasteiger partial charge in [0.15, 0.2) is 0 Å². The fraction of sp³-hybridized carbons (Fsp3) is 0.250. The predicted octanol–water partition coefficient (Wildman–Crippen LogP) is 2.22. The Kier molecular flexibility index (Phi) is 4.83. The maximum atomic E-state index is 12.2. The number of nitrogens with zero attached hydrogens (tertiary/aromatic N) is 1. The second-order valence-corrected chi connectivity index (χ2v) is 4.79. The number of aryl methyl sites for hydroxylation is 1. The highest BCUT2D eigenvalue weighted by Gasteiger charge is 2.12. The van der Waals surface area contributed by atoms with E-state index >= 15 is 0 Å². The normalized spacial score (nSPS) is 10.3. The van der Waals surface area contributed by atoms with Crippen LogP contribution in [0, 0.1) is 0 Å². The van der Waals surface area contributed by atoms with Crippen LogP contribution in [-0.2, 0) is 6.54 Å². The van der Waals surface area contributed by atoms with Crippen molar-refractivity contribution in [3.05, 3.63) is 52.4 Å². The van der Waals surface area contributed by atoms with E-state index in [0.29, 0.717) is 18.0 Å². The molecule has 6 nitrogen and oxygen atoms in total. The average Bonchev–Trinajstić information content (AvgIpc) is 2.50. The number of nitrogens with one attached hydrogen (secondary N) is 1. The number of phenolic OH excluding ortho intramolecular Hbond substituents is 1. The first-order valence-electron chi connectivity index (χ1n) is 6.94. The molecule has 2 aromatic rings. The molecule has 0 radical (unpaired) electrons. The summed E-state index contributed by atoms with van der Waals surface area (Å²) in [6.07, 6.45) is 2.40. The Bertz CT molecular complexity index is 737. The van der Waals surface area contributed by atoms with E-state index in [0.717, 1.165) is 6.42 Å². The van der Waals surface area contributed by atoms with Crippen molar-refractivity contribution in [3.8, 4) is 11.5 Å². The number of aromatic nitrogens is 1. The molecule has 116 valence electrons. The van der Waals surface area contributed by atoms with E-state index in [1.807, 2.05) is 6.92 Å². The lowest BCUT2D eigenvalue weighted by Gasteiger charge is -2.10. The molecule has 6 heteroatoms. The van der Waals surface area contributed by atoms with Crippen molar-refractivity contribution < 1.29 is 14.6 Å². The number of carbonyl (C=O) groups is 1. The van der Waals surface area contributed by atoms with Gasteiger partial charge in [0.25, 0.3) is 11.5 Å². The predicted molar refractivity (Wildman–Crippen MR) is 83.6 cm³/mol. The highest BCUT2D eigenvalue weighted by atomic mass is 16.5. The number of aromatic hydroxyl groups is 1. The van der Waals surface area contributed by atoms with E-state index in [4.69, 9.17) is 4.74 Å². The van der Waals surface area contributed by atoms with Gasteiger partial charge in [-0.05, 0) is 24.6 Å². The first-order valence-corrected chi connectivity index (χ1v) is 6.94. The molecule has 0 aliphatic carbocycles. The lowest BCUT2D eigenvalue weighted by Crippen LogP contribution is -2.20. The minimum atomic E-state index is -0.457. The van der Waals surface area contributed by atoms with Crippen molar-refractivity contribution in [2.24, 2.45) is 0 Å². The molecule has 1 aromatic carbocycles. The number of methoxy groups -OCH3 is 1. The number of ether oxygens (including phenoxy) is 1. The standard InChI is InChI=1S/C16H18N2O4/c1-3-8-18-10-11(4-7-15(18)20)17-16(21)13-6-5-12(22-2)9-14(13)19/h4-7,9-10,19H,3,8H2,1-2H3,(H,17,21). The van der Waals surface area contributed by atoms with Gasteiger partial charge >= 0.3 is 0 Å². The highest BCUT2D eigenvalue weighted by molar-refractivity contribution is 6.06. The third-order valence-corrected chi connectivity index (χ3v) is 3.16. The SMILES string of the molecule is CCCn1cc(NC(=O)c2ccc(OC)cc2O)ccc1=O. The van der Waals surface area contributed by atoms with Crippen molar-refractivity contribution in [2.45, 2.75) is 19.9 Å². The number of phenols is 1. The zero-order valence-electron chi connectivity index (χ0n) is 12.5. The van der Waals surface area contributed by atoms with E-state index in [1.54, 1.807) is 12.3 Å². The number of amides is 1. The molecule has 0 saturated heterocycles. The number of anilines is 1. The monoisotopic (exact) mass is 302 g/mol. The molecule has 0 fully saturated rings. The van der Waals surface area contributed by atoms with Crippen LogP contribution in [0.1, 0.15) is 23.7 Å². The van der Waals surface area contributed by atoms with E-state index in [2.05, 4.69) is 5.32 Å². The average molecular weight is 302 g/mol. The Morgan fingerprint density at radius 2 is 2.09 bits per heavy atom. The van der Waals surface area contributed by atoms with Crippen LogP contribution >= 0.6 is 0 Å². The molecular formula is C16H18N2O4. The van der Waals surface area contributed by atoms with Crippen molar-refractivity contribution in [2.75, 3.05) is 12.4 Å². The topological polar surface area (TPSA) is 80.6 Å². The summed E-state index contributed by atoms with van der Waals surface area (Å²) in [4.78, 5) is 23.8. The molecule has 2 rings (SSSR count). The van der Waals surface area contributed by atoms with Gasteiger partial charge in [0.1, 0.15) is 11.5 Å². The Morgan fingerprint density at radius 1 is 1.32 bits per heavy atom. The molecular weight excluding hydrogens is 284 g/mol. The fourth-order valence-electron chi connectivity index (χ4n) is 2.05. The zero-order valence-corrected chi connectivity index (χ0v) is 12.5. The van der Waals surface area contributed by atoms with Crippen molar-refractivity contribution in [1.82, 2.24) is 4.57 Å². The minimum absolute atomic E-state index is 0.118. The van der Waals surface area contributed by atoms with Gasteiger partial charge in [0.05, 0.1) is 18.4 Å². The van der Waals surface area contributed by atoms with Crippen molar-refractivity contribution in [1.29, 1.82) is 0 Å². The number of hydrogen-bond acceptors (Lipinski definition) is 4. The van der Waals surface area contributed by atoms with Crippen LogP contribution in [0.2, 0.25) is 0 Å². The largest absolute Gasteiger partial charge is 0.507 e. The summed E-state index contributed by atoms with van der Waals surface area (Å²) in [5, 5.41) is 12.5. The number of rotatable bonds is 5. The third-order valence-electron chi connectivity index (χ3n) is 3.16. The molecule has 1 aromatic heterocycles. The van der Waals surface area contributed by atoms with E-state index in [9.17, 15) is 14.7 Å². The molecule has 0 saturated carbocycles. The Morgan fingerprint density at radius 3 is 2.73 bits per heavy atom. The van der Waals surface area contributed by atoms with E-state index < -0.39 is 5.91 Å². The minimum Gasteiger partial charge on any atom is -0.507 e. The fourth-order valence-corrected chi connectivity index (χ4v) is 2.05. The summed E-state index contributed by atoms with van der Waals surface area (Å²) in [5.74, 6) is -0.161. The maximum Gasteiger partial charge on any atom is 0.259 e. The van der Waals surface area contributed by atoms with Crippen LogP contribution in [-0.4, -0.2) is 22.7 Å². The van der Waals surface area contributed by atoms with Crippen LogP contribution in [0.15, 0.2) is 41.3 Å². The van der Waals surface area contributed by atoms with Crippen LogP contribution in [0.5, 0.6) is 11.5 Å². The number of benzene rings is 1. The van der Waals surface area contributed by atoms with Gasteiger partial charge in [-0.3, -0.25) is 9.59 Å². The first-order chi connectivity index (χ1) is 10.5. The van der Waals surface area contributed by atoms with E-state index in [-0.39, 0.29) is 16.9 Å². The second-order valence-electron chi connectivity index (χ2n) is 4.79. The molecule has 22 heavy (non-hydrogen) atoms. The molecule has 0 bridgehead atoms. The third kappa shape index (κ3) is 3.46. The van der Waals surface area contributed by atoms with Crippen molar-refractivity contribution in [3.63, 3.8) is 0 Å². The van der Waals surface area contributed by atoms with Gasteiger partial charge in [-0.2, -0.15) is 0 Å². The maximum absolute atomic E-state index is 12.2. The summed E-state index contributed by atoms with van der Waals surface area (Å²) < 4.78 is 6.51. The molecule has 0 spiro atoms. The smallest absolute Gasteiger partial charge is 0.259 e. The van der Waals surface area contributed by atoms with Gasteiger partial charge in [-0.25, -0.2) is 0 Å². The van der Waals surface area contributed by atoms with Crippen LogP contribution in [0.4, 0.5) is 5.69 Å². The van der Waals surface area contributed by atoms with Crippen LogP contribution in [0.3, 0.4) is 0 Å². The quantitative estimate of drug-likeness (QED) is 0.887. The lowest BCUT2D eigenvalue weighted by atomic mass is 10.1. The second kappa shape index (κ2) is 6.80. The van der Waals surface area contributed by atoms with Gasteiger partial charge < -0.3 is 19.7 Å². The summed E-state index contributed by atoms with van der Waals surface area (Å²) in [5.41, 5.74) is 0.509. The van der Waals surface area contributed by atoms with Gasteiger partial charge in [-0.15, -0.1) is 0 Å². The highest BCUT2D eigenvalue weighted by Crippen LogP contribution is 2.24. The Labute approximate surface area is 128 Å². The first kappa shape index (κ1) is 15.6. The van der Waals surface area contributed by atoms with Crippen LogP contribution < -0.4 is 15.6 Å². The number of hydrogen-bond donors (Lipinski definition) is 2. The van der Waals surface area contributed by atoms with Crippen LogP contribution in [0.25, 0.3) is 0 Å². The molecule has 0 aliphatic heterocycles. The van der Waals surface area contributed by atoms with Gasteiger partial charge in [0, 0.05) is 24.9 Å². The summed E-state index contributed by atoms with van der Waals surface area (Å²) in [7, 11) is 1.48. The summed E-state index contributed by atoms with van der Waals surface area (Å²) in [6, 6.07) is 7.37. The molecule has 0 unspecified atom stereocenters. The van der Waals surface area contributed by atoms with Gasteiger partial charge in [0.2, 0.25) is 0 Å². The van der Waals surface area contributed by atoms with E-state index in [1.165, 1.54) is 35.9 Å². The molecule has 0 aliphatic rings. The molecule has 1 amide bonds. The van der Waals surface area contributed by atoms with Gasteiger partial charge in [-0.1, -0.05) is 6.92 Å². The molecule has 0 atom stereocenters. The summed E-state index contributed by atoms with van der Waals surface area (Å²) in [6.45, 7) is 2.55. The van der Waals surface area contributed by atoms with Crippen molar-refractivity contribution >= 4 is 11.6 Å². The molecule has 1 heterocycles. The zero-order chi connectivity index (χ0) is 16.1. The Balaban J connectivity index is 2.22. The number of pyridine rings is 1. The molecule has 2 N–H and O–H groups in total. The Hall–Kier alpha value is -2.76.